The van der Waals surface area contributed by atoms with E-state index in [4.69, 9.17) is 0 Å². The summed E-state index contributed by atoms with van der Waals surface area (Å²) in [5.41, 5.74) is 0.835. The van der Waals surface area contributed by atoms with Crippen LogP contribution in [0.5, 0.6) is 0 Å². The molecule has 0 amide bonds. The predicted molar refractivity (Wildman–Crippen MR) is 62.7 cm³/mol. The van der Waals surface area contributed by atoms with Crippen LogP contribution in [-0.2, 0) is 0 Å². The first-order valence-electron chi connectivity index (χ1n) is 5.42. The van der Waals surface area contributed by atoms with Gasteiger partial charge in [-0.05, 0) is 42.7 Å². The van der Waals surface area contributed by atoms with Crippen molar-refractivity contribution >= 4 is 15.9 Å². The lowest BCUT2D eigenvalue weighted by Crippen LogP contribution is -2.22. The Morgan fingerprint density at radius 1 is 1.47 bits per heavy atom. The number of alkyl halides is 1. The molecule has 1 heterocycles. The van der Waals surface area contributed by atoms with Gasteiger partial charge in [0.25, 0.3) is 0 Å². The molecule has 1 saturated carbocycles. The van der Waals surface area contributed by atoms with Gasteiger partial charge in [0.05, 0.1) is 6.20 Å². The summed E-state index contributed by atoms with van der Waals surface area (Å²) in [6.45, 7) is 2.21. The van der Waals surface area contributed by atoms with E-state index in [0.717, 1.165) is 12.0 Å². The van der Waals surface area contributed by atoms with Gasteiger partial charge in [-0.2, -0.15) is 0 Å². The van der Waals surface area contributed by atoms with Gasteiger partial charge >= 0.3 is 0 Å². The van der Waals surface area contributed by atoms with E-state index in [9.17, 15) is 4.39 Å². The number of halogens is 2. The average molecular weight is 272 g/mol. The van der Waals surface area contributed by atoms with Crippen LogP contribution in [0.2, 0.25) is 0 Å². The number of pyridine rings is 1. The van der Waals surface area contributed by atoms with Gasteiger partial charge in [-0.1, -0.05) is 22.9 Å². The SMILES string of the molecule is CC1CCC(Br)CC1c1ccncc1F. The van der Waals surface area contributed by atoms with E-state index in [-0.39, 0.29) is 5.82 Å². The van der Waals surface area contributed by atoms with E-state index in [1.165, 1.54) is 19.0 Å². The zero-order chi connectivity index (χ0) is 10.8. The van der Waals surface area contributed by atoms with Gasteiger partial charge in [0.1, 0.15) is 5.82 Å². The zero-order valence-electron chi connectivity index (χ0n) is 8.79. The molecule has 0 radical (unpaired) electrons. The Hall–Kier alpha value is -0.440. The molecule has 1 fully saturated rings. The highest BCUT2D eigenvalue weighted by molar-refractivity contribution is 9.09. The molecule has 0 aromatic carbocycles. The molecule has 1 aromatic heterocycles. The Balaban J connectivity index is 2.25. The van der Waals surface area contributed by atoms with Gasteiger partial charge in [0.2, 0.25) is 0 Å². The maximum Gasteiger partial charge on any atom is 0.144 e. The molecule has 3 atom stereocenters. The lowest BCUT2D eigenvalue weighted by atomic mass is 9.76. The van der Waals surface area contributed by atoms with Gasteiger partial charge in [-0.15, -0.1) is 0 Å². The van der Waals surface area contributed by atoms with Crippen LogP contribution < -0.4 is 0 Å². The van der Waals surface area contributed by atoms with E-state index < -0.39 is 0 Å². The molecule has 0 N–H and O–H groups in total. The summed E-state index contributed by atoms with van der Waals surface area (Å²) in [5, 5.41) is 0. The van der Waals surface area contributed by atoms with Gasteiger partial charge in [-0.25, -0.2) is 4.39 Å². The number of hydrogen-bond acceptors (Lipinski definition) is 1. The number of hydrogen-bond donors (Lipinski definition) is 0. The Labute approximate surface area is 98.2 Å². The second-order valence-electron chi connectivity index (χ2n) is 4.39. The monoisotopic (exact) mass is 271 g/mol. The lowest BCUT2D eigenvalue weighted by molar-refractivity contribution is 0.332. The summed E-state index contributed by atoms with van der Waals surface area (Å²) in [6, 6.07) is 1.82. The third-order valence-corrected chi connectivity index (χ3v) is 4.17. The Morgan fingerprint density at radius 3 is 3.00 bits per heavy atom. The molecule has 3 unspecified atom stereocenters. The van der Waals surface area contributed by atoms with Crippen LogP contribution in [0, 0.1) is 11.7 Å². The van der Waals surface area contributed by atoms with E-state index in [1.807, 2.05) is 6.07 Å². The Morgan fingerprint density at radius 2 is 2.27 bits per heavy atom. The number of aromatic nitrogens is 1. The predicted octanol–water partition coefficient (Wildman–Crippen LogP) is 3.89. The molecule has 2 rings (SSSR count). The van der Waals surface area contributed by atoms with E-state index in [1.54, 1.807) is 6.20 Å². The van der Waals surface area contributed by atoms with Crippen LogP contribution in [0.3, 0.4) is 0 Å². The van der Waals surface area contributed by atoms with Crippen molar-refractivity contribution in [3.63, 3.8) is 0 Å². The van der Waals surface area contributed by atoms with Crippen molar-refractivity contribution in [2.45, 2.75) is 36.9 Å². The van der Waals surface area contributed by atoms with Crippen LogP contribution in [-0.4, -0.2) is 9.81 Å². The number of rotatable bonds is 1. The summed E-state index contributed by atoms with van der Waals surface area (Å²) in [5.74, 6) is 0.748. The fraction of sp³-hybridized carbons (Fsp3) is 0.583. The molecule has 1 aromatic rings. The maximum atomic E-state index is 13.6. The fourth-order valence-corrected chi connectivity index (χ4v) is 3.06. The minimum absolute atomic E-state index is 0.157. The van der Waals surface area contributed by atoms with Crippen molar-refractivity contribution < 1.29 is 4.39 Å². The minimum Gasteiger partial charge on any atom is -0.262 e. The largest absolute Gasteiger partial charge is 0.262 e. The van der Waals surface area contributed by atoms with Gasteiger partial charge in [0, 0.05) is 11.0 Å². The van der Waals surface area contributed by atoms with Crippen LogP contribution in [0.4, 0.5) is 4.39 Å². The molecule has 1 aliphatic carbocycles. The lowest BCUT2D eigenvalue weighted by Gasteiger charge is -2.32. The van der Waals surface area contributed by atoms with Crippen molar-refractivity contribution in [3.05, 3.63) is 29.8 Å². The first kappa shape index (κ1) is 11.1. The molecular formula is C12H15BrFN. The van der Waals surface area contributed by atoms with Gasteiger partial charge in [-0.3, -0.25) is 4.98 Å². The van der Waals surface area contributed by atoms with Crippen molar-refractivity contribution in [2.75, 3.05) is 0 Å². The second-order valence-corrected chi connectivity index (χ2v) is 5.69. The first-order chi connectivity index (χ1) is 7.18. The first-order valence-corrected chi connectivity index (χ1v) is 6.33. The average Bonchev–Trinajstić information content (AvgIpc) is 2.23. The summed E-state index contributed by atoms with van der Waals surface area (Å²) < 4.78 is 13.6. The summed E-state index contributed by atoms with van der Waals surface area (Å²) in [4.78, 5) is 4.33. The molecule has 3 heteroatoms. The van der Waals surface area contributed by atoms with Crippen molar-refractivity contribution in [2.24, 2.45) is 5.92 Å². The minimum atomic E-state index is -0.157. The van der Waals surface area contributed by atoms with Crippen molar-refractivity contribution in [1.29, 1.82) is 0 Å². The van der Waals surface area contributed by atoms with Crippen LogP contribution in [0.25, 0.3) is 0 Å². The van der Waals surface area contributed by atoms with E-state index >= 15 is 0 Å². The molecule has 0 aliphatic heterocycles. The van der Waals surface area contributed by atoms with E-state index in [2.05, 4.69) is 27.8 Å². The zero-order valence-corrected chi connectivity index (χ0v) is 10.4. The van der Waals surface area contributed by atoms with Crippen LogP contribution in [0.1, 0.15) is 37.7 Å². The third-order valence-electron chi connectivity index (χ3n) is 3.34. The fourth-order valence-electron chi connectivity index (χ4n) is 2.39. The molecule has 15 heavy (non-hydrogen) atoms. The molecule has 82 valence electrons. The second kappa shape index (κ2) is 4.60. The highest BCUT2D eigenvalue weighted by Gasteiger charge is 2.29. The van der Waals surface area contributed by atoms with Crippen molar-refractivity contribution in [1.82, 2.24) is 4.98 Å². The van der Waals surface area contributed by atoms with Crippen molar-refractivity contribution in [3.8, 4) is 0 Å². The van der Waals surface area contributed by atoms with E-state index in [0.29, 0.717) is 16.7 Å². The molecule has 1 aliphatic rings. The molecule has 0 bridgehead atoms. The van der Waals surface area contributed by atoms with Gasteiger partial charge < -0.3 is 0 Å². The topological polar surface area (TPSA) is 12.9 Å². The highest BCUT2D eigenvalue weighted by Crippen LogP contribution is 2.40. The Bertz CT molecular complexity index is 342. The smallest absolute Gasteiger partial charge is 0.144 e. The molecule has 0 saturated heterocycles. The van der Waals surface area contributed by atoms with Crippen LogP contribution >= 0.6 is 15.9 Å². The van der Waals surface area contributed by atoms with Crippen LogP contribution in [0.15, 0.2) is 18.5 Å². The molecular weight excluding hydrogens is 257 g/mol. The molecule has 0 spiro atoms. The summed E-state index contributed by atoms with van der Waals surface area (Å²) >= 11 is 3.64. The Kier molecular flexibility index (Phi) is 3.39. The third kappa shape index (κ3) is 2.39. The number of nitrogens with zero attached hydrogens (tertiary/aromatic N) is 1. The summed E-state index contributed by atoms with van der Waals surface area (Å²) in [7, 11) is 0. The summed E-state index contributed by atoms with van der Waals surface area (Å²) in [6.07, 6.45) is 6.40. The quantitative estimate of drug-likeness (QED) is 0.707. The highest BCUT2D eigenvalue weighted by atomic mass is 79.9. The standard InChI is InChI=1S/C12H15BrFN/c1-8-2-3-9(13)6-11(8)10-4-5-15-7-12(10)14/h4-5,7-9,11H,2-3,6H2,1H3. The molecule has 1 nitrogen and oxygen atoms in total. The normalized spacial score (nSPS) is 31.5. The maximum absolute atomic E-state index is 13.6. The van der Waals surface area contributed by atoms with Gasteiger partial charge in [0.15, 0.2) is 0 Å².